The monoisotopic (exact) mass is 431 g/mol. The Morgan fingerprint density at radius 1 is 1.23 bits per heavy atom. The van der Waals surface area contributed by atoms with Gasteiger partial charge in [-0.05, 0) is 57.7 Å². The van der Waals surface area contributed by atoms with Crippen molar-refractivity contribution in [3.8, 4) is 0 Å². The standard InChI is InChI=1S/C23H33N3O5/c1-23(2,3)31-21(28)19-13-18-15-26(19)20(27)14-24-22(29)25(4)17-10-7-9-16(12-17)8-5-6-11-30-18/h7,9-10,12,18-19H,5-6,8,11,13-15H2,1-4H3,(H,24,29)/t18-,19+/m1/s1. The minimum atomic E-state index is -0.711. The number of hydrogen-bond donors (Lipinski definition) is 1. The fraction of sp³-hybridized carbons (Fsp3) is 0.609. The summed E-state index contributed by atoms with van der Waals surface area (Å²) in [4.78, 5) is 41.2. The quantitative estimate of drug-likeness (QED) is 0.691. The molecular weight excluding hydrogens is 398 g/mol. The van der Waals surface area contributed by atoms with E-state index in [1.54, 1.807) is 27.8 Å². The van der Waals surface area contributed by atoms with Crippen LogP contribution in [0.4, 0.5) is 10.5 Å². The third-order valence-corrected chi connectivity index (χ3v) is 5.47. The number of rotatable bonds is 1. The maximum Gasteiger partial charge on any atom is 0.329 e. The van der Waals surface area contributed by atoms with E-state index in [2.05, 4.69) is 5.32 Å². The highest BCUT2D eigenvalue weighted by molar-refractivity contribution is 5.95. The number of anilines is 1. The van der Waals surface area contributed by atoms with Crippen LogP contribution in [0.2, 0.25) is 0 Å². The molecular formula is C23H33N3O5. The Kier molecular flexibility index (Phi) is 7.20. The number of ether oxygens (including phenoxy) is 2. The van der Waals surface area contributed by atoms with Crippen LogP contribution in [0.5, 0.6) is 0 Å². The number of amides is 3. The summed E-state index contributed by atoms with van der Waals surface area (Å²) in [5, 5.41) is 2.67. The third-order valence-electron chi connectivity index (χ3n) is 5.47. The number of urea groups is 1. The Morgan fingerprint density at radius 3 is 2.74 bits per heavy atom. The van der Waals surface area contributed by atoms with Crippen LogP contribution < -0.4 is 10.2 Å². The van der Waals surface area contributed by atoms with E-state index in [9.17, 15) is 14.4 Å². The van der Waals surface area contributed by atoms with Gasteiger partial charge in [-0.15, -0.1) is 0 Å². The second kappa shape index (κ2) is 9.68. The van der Waals surface area contributed by atoms with Crippen molar-refractivity contribution in [1.29, 1.82) is 0 Å². The van der Waals surface area contributed by atoms with Gasteiger partial charge in [0.25, 0.3) is 0 Å². The molecule has 170 valence electrons. The maximum absolute atomic E-state index is 12.9. The summed E-state index contributed by atoms with van der Waals surface area (Å²) >= 11 is 0. The van der Waals surface area contributed by atoms with Gasteiger partial charge in [-0.2, -0.15) is 0 Å². The lowest BCUT2D eigenvalue weighted by atomic mass is 10.1. The minimum Gasteiger partial charge on any atom is -0.458 e. The smallest absolute Gasteiger partial charge is 0.329 e. The minimum absolute atomic E-state index is 0.200. The molecule has 1 aromatic carbocycles. The predicted molar refractivity (Wildman–Crippen MR) is 117 cm³/mol. The lowest BCUT2D eigenvalue weighted by Gasteiger charge is -2.27. The van der Waals surface area contributed by atoms with Gasteiger partial charge in [-0.3, -0.25) is 9.69 Å². The zero-order valence-corrected chi connectivity index (χ0v) is 18.8. The van der Waals surface area contributed by atoms with Gasteiger partial charge < -0.3 is 19.7 Å². The zero-order chi connectivity index (χ0) is 22.6. The van der Waals surface area contributed by atoms with Gasteiger partial charge in [-0.1, -0.05) is 12.1 Å². The summed E-state index contributed by atoms with van der Waals surface area (Å²) < 4.78 is 11.5. The first kappa shape index (κ1) is 23.1. The van der Waals surface area contributed by atoms with Gasteiger partial charge in [0.15, 0.2) is 0 Å². The number of nitrogens with zero attached hydrogens (tertiary/aromatic N) is 2. The lowest BCUT2D eigenvalue weighted by Crippen LogP contribution is -2.49. The van der Waals surface area contributed by atoms with Crippen molar-refractivity contribution < 1.29 is 23.9 Å². The first-order valence-electron chi connectivity index (χ1n) is 10.9. The zero-order valence-electron chi connectivity index (χ0n) is 18.8. The average Bonchev–Trinajstić information content (AvgIpc) is 3.14. The summed E-state index contributed by atoms with van der Waals surface area (Å²) in [6, 6.07) is 6.73. The van der Waals surface area contributed by atoms with Gasteiger partial charge in [0.2, 0.25) is 5.91 Å². The summed E-state index contributed by atoms with van der Waals surface area (Å²) in [7, 11) is 1.67. The van der Waals surface area contributed by atoms with Gasteiger partial charge >= 0.3 is 12.0 Å². The van der Waals surface area contributed by atoms with Crippen LogP contribution in [0, 0.1) is 0 Å². The van der Waals surface area contributed by atoms with Gasteiger partial charge in [0, 0.05) is 32.3 Å². The molecule has 0 saturated carbocycles. The second-order valence-electron chi connectivity index (χ2n) is 9.17. The number of hydrogen-bond acceptors (Lipinski definition) is 5. The van der Waals surface area contributed by atoms with E-state index >= 15 is 0 Å². The molecule has 3 amide bonds. The molecule has 0 spiro atoms. The van der Waals surface area contributed by atoms with E-state index in [1.165, 1.54) is 9.80 Å². The number of fused-ring (bicyclic) bond motifs is 4. The fourth-order valence-electron chi connectivity index (χ4n) is 3.88. The van der Waals surface area contributed by atoms with Crippen LogP contribution in [0.15, 0.2) is 24.3 Å². The second-order valence-corrected chi connectivity index (χ2v) is 9.17. The molecule has 0 unspecified atom stereocenters. The van der Waals surface area contributed by atoms with Crippen LogP contribution in [-0.2, 0) is 25.5 Å². The van der Waals surface area contributed by atoms with Crippen LogP contribution in [-0.4, -0.2) is 67.3 Å². The Balaban J connectivity index is 1.76. The van der Waals surface area contributed by atoms with Gasteiger partial charge in [0.05, 0.1) is 12.6 Å². The number of carbonyl (C=O) groups is 3. The molecule has 1 saturated heterocycles. The molecule has 8 nitrogen and oxygen atoms in total. The topological polar surface area (TPSA) is 88.2 Å². The molecule has 0 aliphatic carbocycles. The van der Waals surface area contributed by atoms with Crippen molar-refractivity contribution in [2.75, 3.05) is 31.6 Å². The number of aryl methyl sites for hydroxylation is 1. The van der Waals surface area contributed by atoms with Crippen LogP contribution >= 0.6 is 0 Å². The van der Waals surface area contributed by atoms with Crippen LogP contribution in [0.3, 0.4) is 0 Å². The SMILES string of the molecule is CN1C(=O)NCC(=O)N2C[C@@H](C[C@H]2C(=O)OC(C)(C)C)OCCCCc2cccc1c2. The molecule has 0 radical (unpaired) electrons. The van der Waals surface area contributed by atoms with E-state index in [0.717, 1.165) is 30.5 Å². The molecule has 2 atom stereocenters. The fourth-order valence-corrected chi connectivity index (χ4v) is 3.88. The van der Waals surface area contributed by atoms with E-state index < -0.39 is 17.6 Å². The van der Waals surface area contributed by atoms with Gasteiger partial charge in [0.1, 0.15) is 11.6 Å². The molecule has 2 aliphatic heterocycles. The Hall–Kier alpha value is -2.61. The van der Waals surface area contributed by atoms with E-state index in [1.807, 2.05) is 24.3 Å². The Labute approximate surface area is 183 Å². The first-order valence-corrected chi connectivity index (χ1v) is 10.9. The lowest BCUT2D eigenvalue weighted by molar-refractivity contribution is -0.163. The Morgan fingerprint density at radius 2 is 2.00 bits per heavy atom. The number of nitrogens with one attached hydrogen (secondary N) is 1. The summed E-state index contributed by atoms with van der Waals surface area (Å²) in [6.07, 6.45) is 2.89. The molecule has 1 N–H and O–H groups in total. The molecule has 2 heterocycles. The normalized spacial score (nSPS) is 23.5. The van der Waals surface area contributed by atoms with Crippen LogP contribution in [0.25, 0.3) is 0 Å². The largest absolute Gasteiger partial charge is 0.458 e. The van der Waals surface area contributed by atoms with Gasteiger partial charge in [-0.25, -0.2) is 9.59 Å². The Bertz CT molecular complexity index is 820. The average molecular weight is 432 g/mol. The van der Waals surface area contributed by atoms with Crippen LogP contribution in [0.1, 0.15) is 45.6 Å². The molecule has 4 bridgehead atoms. The molecule has 1 fully saturated rings. The highest BCUT2D eigenvalue weighted by Crippen LogP contribution is 2.24. The predicted octanol–water partition coefficient (Wildman–Crippen LogP) is 2.50. The van der Waals surface area contributed by atoms with E-state index in [-0.39, 0.29) is 24.6 Å². The molecule has 2 aliphatic rings. The molecule has 31 heavy (non-hydrogen) atoms. The first-order chi connectivity index (χ1) is 14.6. The third kappa shape index (κ3) is 6.19. The van der Waals surface area contributed by atoms with Crippen molar-refractivity contribution in [1.82, 2.24) is 10.2 Å². The molecule has 1 aromatic rings. The maximum atomic E-state index is 12.9. The number of esters is 1. The van der Waals surface area contributed by atoms with E-state index in [0.29, 0.717) is 19.6 Å². The highest BCUT2D eigenvalue weighted by Gasteiger charge is 2.42. The van der Waals surface area contributed by atoms with Crippen molar-refractivity contribution in [2.24, 2.45) is 0 Å². The van der Waals surface area contributed by atoms with Crippen molar-refractivity contribution in [3.63, 3.8) is 0 Å². The van der Waals surface area contributed by atoms with Crippen molar-refractivity contribution >= 4 is 23.6 Å². The number of carbonyl (C=O) groups excluding carboxylic acids is 3. The number of benzene rings is 1. The molecule has 0 aromatic heterocycles. The van der Waals surface area contributed by atoms with Crippen molar-refractivity contribution in [3.05, 3.63) is 29.8 Å². The molecule has 8 heteroatoms. The van der Waals surface area contributed by atoms with E-state index in [4.69, 9.17) is 9.47 Å². The summed E-state index contributed by atoms with van der Waals surface area (Å²) in [5.74, 6) is -0.770. The summed E-state index contributed by atoms with van der Waals surface area (Å²) in [5.41, 5.74) is 1.26. The molecule has 3 rings (SSSR count). The highest BCUT2D eigenvalue weighted by atomic mass is 16.6. The summed E-state index contributed by atoms with van der Waals surface area (Å²) in [6.45, 7) is 6.08. The van der Waals surface area contributed by atoms with Crippen molar-refractivity contribution in [2.45, 2.75) is 64.2 Å².